The van der Waals surface area contributed by atoms with Crippen molar-refractivity contribution in [3.8, 4) is 11.3 Å². The van der Waals surface area contributed by atoms with Crippen molar-refractivity contribution in [3.63, 3.8) is 0 Å². The summed E-state index contributed by atoms with van der Waals surface area (Å²) in [4.78, 5) is 8.88. The van der Waals surface area contributed by atoms with Crippen molar-refractivity contribution >= 4 is 11.3 Å². The van der Waals surface area contributed by atoms with Crippen molar-refractivity contribution in [1.29, 1.82) is 0 Å². The summed E-state index contributed by atoms with van der Waals surface area (Å²) in [5, 5.41) is 18.2. The highest BCUT2D eigenvalue weighted by atomic mass is 16.5. The molecule has 9 nitrogen and oxygen atoms in total. The number of hydrogen-bond acceptors (Lipinski definition) is 7. The monoisotopic (exact) mass is 286 g/mol. The minimum absolute atomic E-state index is 0.0824. The van der Waals surface area contributed by atoms with Crippen LogP contribution in [0.3, 0.4) is 0 Å². The third-order valence-electron chi connectivity index (χ3n) is 3.40. The molecule has 0 radical (unpaired) electrons. The molecule has 2 N–H and O–H groups in total. The molecule has 0 aromatic carbocycles. The molecule has 0 amide bonds. The van der Waals surface area contributed by atoms with E-state index in [0.29, 0.717) is 24.4 Å². The number of hydrogen-bond donors (Lipinski definition) is 2. The number of morpholine rings is 1. The first-order valence-electron chi connectivity index (χ1n) is 6.78. The molecule has 4 rings (SSSR count). The van der Waals surface area contributed by atoms with Crippen LogP contribution in [0, 0.1) is 0 Å². The minimum Gasteiger partial charge on any atom is -0.374 e. The fraction of sp³-hybridized carbons (Fsp3) is 0.417. The van der Waals surface area contributed by atoms with Crippen molar-refractivity contribution < 1.29 is 4.74 Å². The lowest BCUT2D eigenvalue weighted by Crippen LogP contribution is -2.40. The van der Waals surface area contributed by atoms with E-state index < -0.39 is 0 Å². The molecule has 1 atom stereocenters. The van der Waals surface area contributed by atoms with Crippen molar-refractivity contribution in [2.75, 3.05) is 19.7 Å². The fourth-order valence-electron chi connectivity index (χ4n) is 2.34. The standard InChI is InChI=1S/C12H14N8O/c1-2-21-9(5-13-1)7-20-12-11(18-19-20)17-10(6-14-12)8-3-15-16-4-8/h3-4,6,9,13H,1-2,5,7H2,(H,15,16). The van der Waals surface area contributed by atoms with Gasteiger partial charge in [-0.25, -0.2) is 14.6 Å². The average Bonchev–Trinajstić information content (AvgIpc) is 3.18. The first-order valence-corrected chi connectivity index (χ1v) is 6.78. The van der Waals surface area contributed by atoms with Crippen LogP contribution in [-0.2, 0) is 11.3 Å². The number of aromatic nitrogens is 7. The fourth-order valence-corrected chi connectivity index (χ4v) is 2.34. The summed E-state index contributed by atoms with van der Waals surface area (Å²) in [6, 6.07) is 0. The number of rotatable bonds is 3. The first-order chi connectivity index (χ1) is 10.4. The Balaban J connectivity index is 1.62. The lowest BCUT2D eigenvalue weighted by molar-refractivity contribution is 0.0165. The first kappa shape index (κ1) is 12.4. The van der Waals surface area contributed by atoms with Gasteiger partial charge in [-0.2, -0.15) is 5.10 Å². The Hall–Kier alpha value is -2.39. The lowest BCUT2D eigenvalue weighted by Gasteiger charge is -2.23. The van der Waals surface area contributed by atoms with Crippen LogP contribution in [0.4, 0.5) is 0 Å². The SMILES string of the molecule is c1n[nH]cc1-c1cnc2c(nnn2CC2CNCCO2)n1. The third-order valence-corrected chi connectivity index (χ3v) is 3.40. The van der Waals surface area contributed by atoms with Gasteiger partial charge in [0.25, 0.3) is 0 Å². The van der Waals surface area contributed by atoms with Gasteiger partial charge in [-0.05, 0) is 0 Å². The van der Waals surface area contributed by atoms with Gasteiger partial charge in [0.1, 0.15) is 0 Å². The number of aromatic amines is 1. The number of nitrogens with one attached hydrogen (secondary N) is 2. The highest BCUT2D eigenvalue weighted by Gasteiger charge is 2.17. The maximum absolute atomic E-state index is 5.67. The normalized spacial score (nSPS) is 19.1. The predicted octanol–water partition coefficient (Wildman–Crippen LogP) is -0.400. The Morgan fingerprint density at radius 2 is 2.38 bits per heavy atom. The molecule has 1 saturated heterocycles. The number of nitrogens with zero attached hydrogens (tertiary/aromatic N) is 6. The average molecular weight is 286 g/mol. The van der Waals surface area contributed by atoms with Crippen molar-refractivity contribution in [1.82, 2.24) is 40.5 Å². The highest BCUT2D eigenvalue weighted by molar-refractivity contribution is 5.69. The second-order valence-electron chi connectivity index (χ2n) is 4.86. The molecule has 0 bridgehead atoms. The van der Waals surface area contributed by atoms with Crippen molar-refractivity contribution in [2.24, 2.45) is 0 Å². The van der Waals surface area contributed by atoms with Gasteiger partial charge < -0.3 is 10.1 Å². The molecule has 3 aromatic rings. The molecular weight excluding hydrogens is 272 g/mol. The van der Waals surface area contributed by atoms with Gasteiger partial charge in [-0.15, -0.1) is 5.10 Å². The Morgan fingerprint density at radius 1 is 1.38 bits per heavy atom. The van der Waals surface area contributed by atoms with E-state index in [0.717, 1.165) is 24.3 Å². The van der Waals surface area contributed by atoms with E-state index in [2.05, 4.69) is 35.8 Å². The van der Waals surface area contributed by atoms with E-state index in [1.165, 1.54) is 0 Å². The summed E-state index contributed by atoms with van der Waals surface area (Å²) in [5.74, 6) is 0. The van der Waals surface area contributed by atoms with Gasteiger partial charge in [0.2, 0.25) is 5.65 Å². The van der Waals surface area contributed by atoms with Crippen LogP contribution in [0.5, 0.6) is 0 Å². The summed E-state index contributed by atoms with van der Waals surface area (Å²) in [6.45, 7) is 3.03. The van der Waals surface area contributed by atoms with Crippen LogP contribution in [-0.4, -0.2) is 61.0 Å². The predicted molar refractivity (Wildman–Crippen MR) is 73.3 cm³/mol. The van der Waals surface area contributed by atoms with Gasteiger partial charge in [-0.3, -0.25) is 5.10 Å². The van der Waals surface area contributed by atoms with Crippen LogP contribution in [0.1, 0.15) is 0 Å². The van der Waals surface area contributed by atoms with Crippen molar-refractivity contribution in [3.05, 3.63) is 18.6 Å². The smallest absolute Gasteiger partial charge is 0.221 e. The summed E-state index contributed by atoms with van der Waals surface area (Å²) in [6.07, 6.45) is 5.25. The lowest BCUT2D eigenvalue weighted by atomic mass is 10.3. The second-order valence-corrected chi connectivity index (χ2v) is 4.86. The van der Waals surface area contributed by atoms with E-state index in [1.807, 2.05) is 0 Å². The van der Waals surface area contributed by atoms with Gasteiger partial charge in [-0.1, -0.05) is 5.21 Å². The summed E-state index contributed by atoms with van der Waals surface area (Å²) < 4.78 is 7.41. The molecule has 9 heteroatoms. The quantitative estimate of drug-likeness (QED) is 0.674. The summed E-state index contributed by atoms with van der Waals surface area (Å²) in [5.41, 5.74) is 2.78. The maximum Gasteiger partial charge on any atom is 0.221 e. The highest BCUT2D eigenvalue weighted by Crippen LogP contribution is 2.16. The molecular formula is C12H14N8O. The van der Waals surface area contributed by atoms with E-state index in [9.17, 15) is 0 Å². The Bertz CT molecular complexity index is 731. The van der Waals surface area contributed by atoms with Crippen molar-refractivity contribution in [2.45, 2.75) is 12.6 Å². The van der Waals surface area contributed by atoms with Gasteiger partial charge >= 0.3 is 0 Å². The largest absolute Gasteiger partial charge is 0.374 e. The molecule has 4 heterocycles. The number of H-pyrrole nitrogens is 1. The Labute approximate surface area is 119 Å². The second kappa shape index (κ2) is 5.19. The van der Waals surface area contributed by atoms with Crippen LogP contribution in [0.15, 0.2) is 18.6 Å². The summed E-state index contributed by atoms with van der Waals surface area (Å²) >= 11 is 0. The molecule has 1 fully saturated rings. The van der Waals surface area contributed by atoms with Crippen LogP contribution < -0.4 is 5.32 Å². The number of ether oxygens (including phenoxy) is 1. The van der Waals surface area contributed by atoms with Crippen LogP contribution in [0.25, 0.3) is 22.6 Å². The Morgan fingerprint density at radius 3 is 3.19 bits per heavy atom. The molecule has 108 valence electrons. The van der Waals surface area contributed by atoms with E-state index in [1.54, 1.807) is 23.3 Å². The molecule has 0 saturated carbocycles. The van der Waals surface area contributed by atoms with Gasteiger partial charge in [0.05, 0.1) is 37.3 Å². The molecule has 0 spiro atoms. The zero-order valence-corrected chi connectivity index (χ0v) is 11.2. The number of fused-ring (bicyclic) bond motifs is 1. The Kier molecular flexibility index (Phi) is 3.05. The zero-order chi connectivity index (χ0) is 14.1. The van der Waals surface area contributed by atoms with E-state index in [-0.39, 0.29) is 6.10 Å². The maximum atomic E-state index is 5.67. The van der Waals surface area contributed by atoms with Crippen LogP contribution >= 0.6 is 0 Å². The van der Waals surface area contributed by atoms with E-state index >= 15 is 0 Å². The molecule has 0 aliphatic carbocycles. The zero-order valence-electron chi connectivity index (χ0n) is 11.2. The topological polar surface area (TPSA) is 106 Å². The minimum atomic E-state index is 0.0824. The molecule has 1 aliphatic heterocycles. The van der Waals surface area contributed by atoms with E-state index in [4.69, 9.17) is 4.74 Å². The summed E-state index contributed by atoms with van der Waals surface area (Å²) in [7, 11) is 0. The van der Waals surface area contributed by atoms with Gasteiger partial charge in [0, 0.05) is 24.8 Å². The van der Waals surface area contributed by atoms with Gasteiger partial charge in [0.15, 0.2) is 5.65 Å². The molecule has 21 heavy (non-hydrogen) atoms. The molecule has 3 aromatic heterocycles. The molecule has 1 aliphatic rings. The van der Waals surface area contributed by atoms with Crippen LogP contribution in [0.2, 0.25) is 0 Å². The third kappa shape index (κ3) is 2.36. The molecule has 1 unspecified atom stereocenters.